The van der Waals surface area contributed by atoms with Gasteiger partial charge in [-0.3, -0.25) is 9.59 Å². The zero-order valence-electron chi connectivity index (χ0n) is 20.0. The van der Waals surface area contributed by atoms with Crippen LogP contribution in [-0.2, 0) is 22.6 Å². The van der Waals surface area contributed by atoms with E-state index in [0.717, 1.165) is 36.8 Å². The standard InChI is InChI=1S/C29H30Cl2N2O3/c30-23-12-8-15-25(18-23)36-20-28(34)33(19-22-11-4-7-16-26(22)31)27(17-21-9-2-1-3-10-21)29(35)32-24-13-5-6-14-24/h1-4,7-12,15-16,18,24,27H,5-6,13-14,17,19-20H2,(H,32,35)/t27-/m1/s1. The maximum absolute atomic E-state index is 13.6. The summed E-state index contributed by atoms with van der Waals surface area (Å²) in [7, 11) is 0. The van der Waals surface area contributed by atoms with Gasteiger partial charge in [0.05, 0.1) is 0 Å². The Kier molecular flexibility index (Phi) is 9.26. The number of halogens is 2. The quantitative estimate of drug-likeness (QED) is 0.350. The Hall–Kier alpha value is -3.02. The van der Waals surface area contributed by atoms with Crippen molar-refractivity contribution in [3.05, 3.63) is 100 Å². The van der Waals surface area contributed by atoms with Gasteiger partial charge in [0, 0.05) is 29.1 Å². The summed E-state index contributed by atoms with van der Waals surface area (Å²) in [5.41, 5.74) is 1.73. The van der Waals surface area contributed by atoms with E-state index in [9.17, 15) is 9.59 Å². The predicted molar refractivity (Wildman–Crippen MR) is 143 cm³/mol. The van der Waals surface area contributed by atoms with Crippen molar-refractivity contribution in [2.75, 3.05) is 6.61 Å². The summed E-state index contributed by atoms with van der Waals surface area (Å²) in [6, 6.07) is 23.4. The van der Waals surface area contributed by atoms with Crippen LogP contribution in [0.15, 0.2) is 78.9 Å². The molecule has 2 amide bonds. The zero-order chi connectivity index (χ0) is 25.3. The van der Waals surface area contributed by atoms with Crippen molar-refractivity contribution in [2.45, 2.75) is 50.7 Å². The molecule has 5 nitrogen and oxygen atoms in total. The van der Waals surface area contributed by atoms with Crippen LogP contribution in [0.5, 0.6) is 5.75 Å². The van der Waals surface area contributed by atoms with Crippen molar-refractivity contribution in [3.8, 4) is 5.75 Å². The van der Waals surface area contributed by atoms with Crippen LogP contribution >= 0.6 is 23.2 Å². The van der Waals surface area contributed by atoms with Gasteiger partial charge in [-0.15, -0.1) is 0 Å². The molecule has 0 saturated heterocycles. The minimum absolute atomic E-state index is 0.135. The third-order valence-corrected chi connectivity index (χ3v) is 7.03. The third-order valence-electron chi connectivity index (χ3n) is 6.43. The van der Waals surface area contributed by atoms with Gasteiger partial charge in [-0.2, -0.15) is 0 Å². The molecule has 188 valence electrons. The molecular weight excluding hydrogens is 495 g/mol. The van der Waals surface area contributed by atoms with Crippen molar-refractivity contribution in [1.29, 1.82) is 0 Å². The van der Waals surface area contributed by atoms with Gasteiger partial charge in [0.1, 0.15) is 11.8 Å². The lowest BCUT2D eigenvalue weighted by Crippen LogP contribution is -2.53. The Bertz CT molecular complexity index is 1170. The molecule has 0 unspecified atom stereocenters. The summed E-state index contributed by atoms with van der Waals surface area (Å²) >= 11 is 12.5. The minimum Gasteiger partial charge on any atom is -0.484 e. The Morgan fingerprint density at radius 3 is 2.39 bits per heavy atom. The van der Waals surface area contributed by atoms with Gasteiger partial charge in [-0.25, -0.2) is 0 Å². The van der Waals surface area contributed by atoms with Gasteiger partial charge < -0.3 is 15.0 Å². The second-order valence-electron chi connectivity index (χ2n) is 9.05. The molecule has 4 rings (SSSR count). The molecule has 0 aromatic heterocycles. The van der Waals surface area contributed by atoms with E-state index in [1.165, 1.54) is 0 Å². The average molecular weight is 525 g/mol. The minimum atomic E-state index is -0.722. The molecular formula is C29H30Cl2N2O3. The van der Waals surface area contributed by atoms with Crippen molar-refractivity contribution in [2.24, 2.45) is 0 Å². The highest BCUT2D eigenvalue weighted by Gasteiger charge is 2.32. The third kappa shape index (κ3) is 7.25. The molecule has 1 atom stereocenters. The first kappa shape index (κ1) is 26.1. The van der Waals surface area contributed by atoms with E-state index in [1.807, 2.05) is 48.5 Å². The summed E-state index contributed by atoms with van der Waals surface area (Å²) in [6.07, 6.45) is 4.50. The fourth-order valence-corrected chi connectivity index (χ4v) is 4.89. The molecule has 0 heterocycles. The molecule has 0 spiro atoms. The van der Waals surface area contributed by atoms with Crippen LogP contribution < -0.4 is 10.1 Å². The molecule has 3 aromatic rings. The van der Waals surface area contributed by atoms with Crippen molar-refractivity contribution >= 4 is 35.0 Å². The number of nitrogens with zero attached hydrogens (tertiary/aromatic N) is 1. The Morgan fingerprint density at radius 2 is 1.67 bits per heavy atom. The van der Waals surface area contributed by atoms with E-state index >= 15 is 0 Å². The van der Waals surface area contributed by atoms with Crippen LogP contribution in [0, 0.1) is 0 Å². The average Bonchev–Trinajstić information content (AvgIpc) is 3.39. The van der Waals surface area contributed by atoms with E-state index in [0.29, 0.717) is 22.2 Å². The van der Waals surface area contributed by atoms with Crippen LogP contribution in [0.25, 0.3) is 0 Å². The fourth-order valence-electron chi connectivity index (χ4n) is 4.52. The first-order valence-electron chi connectivity index (χ1n) is 12.2. The predicted octanol–water partition coefficient (Wildman–Crippen LogP) is 6.07. The molecule has 1 aliphatic carbocycles. The topological polar surface area (TPSA) is 58.6 Å². The summed E-state index contributed by atoms with van der Waals surface area (Å²) < 4.78 is 5.77. The molecule has 1 aliphatic rings. The van der Waals surface area contributed by atoms with E-state index in [1.54, 1.807) is 35.2 Å². The monoisotopic (exact) mass is 524 g/mol. The summed E-state index contributed by atoms with van der Waals surface area (Å²) in [5, 5.41) is 4.25. The highest BCUT2D eigenvalue weighted by Crippen LogP contribution is 2.23. The highest BCUT2D eigenvalue weighted by molar-refractivity contribution is 6.31. The molecule has 1 saturated carbocycles. The van der Waals surface area contributed by atoms with Gasteiger partial charge in [-0.1, -0.05) is 90.6 Å². The van der Waals surface area contributed by atoms with Gasteiger partial charge in [0.15, 0.2) is 6.61 Å². The Labute approximate surface area is 222 Å². The largest absolute Gasteiger partial charge is 0.484 e. The van der Waals surface area contributed by atoms with E-state index < -0.39 is 6.04 Å². The van der Waals surface area contributed by atoms with Crippen LogP contribution in [-0.4, -0.2) is 35.4 Å². The normalized spacial score (nSPS) is 14.3. The highest BCUT2D eigenvalue weighted by atomic mass is 35.5. The molecule has 1 fully saturated rings. The number of hydrogen-bond donors (Lipinski definition) is 1. The first-order valence-corrected chi connectivity index (χ1v) is 13.0. The Balaban J connectivity index is 1.62. The van der Waals surface area contributed by atoms with Crippen molar-refractivity contribution < 1.29 is 14.3 Å². The number of amides is 2. The van der Waals surface area contributed by atoms with Crippen LogP contribution in [0.3, 0.4) is 0 Å². The van der Waals surface area contributed by atoms with Crippen molar-refractivity contribution in [3.63, 3.8) is 0 Å². The maximum atomic E-state index is 13.6. The zero-order valence-corrected chi connectivity index (χ0v) is 21.5. The van der Waals surface area contributed by atoms with E-state index in [4.69, 9.17) is 27.9 Å². The lowest BCUT2D eigenvalue weighted by atomic mass is 10.0. The van der Waals surface area contributed by atoms with Gasteiger partial charge in [0.25, 0.3) is 5.91 Å². The molecule has 36 heavy (non-hydrogen) atoms. The number of benzene rings is 3. The SMILES string of the molecule is O=C(NC1CCCC1)[C@@H](Cc1ccccc1)N(Cc1ccccc1Cl)C(=O)COc1cccc(Cl)c1. The molecule has 0 radical (unpaired) electrons. The van der Waals surface area contributed by atoms with Gasteiger partial charge >= 0.3 is 0 Å². The van der Waals surface area contributed by atoms with Crippen molar-refractivity contribution in [1.82, 2.24) is 10.2 Å². The summed E-state index contributed by atoms with van der Waals surface area (Å²) in [5.74, 6) is 0.0230. The van der Waals surface area contributed by atoms with E-state index in [2.05, 4.69) is 5.32 Å². The number of rotatable bonds is 10. The van der Waals surface area contributed by atoms with Crippen LogP contribution in [0.2, 0.25) is 10.0 Å². The first-order chi connectivity index (χ1) is 17.5. The second-order valence-corrected chi connectivity index (χ2v) is 9.90. The smallest absolute Gasteiger partial charge is 0.261 e. The van der Waals surface area contributed by atoms with Gasteiger partial charge in [0.2, 0.25) is 5.91 Å². The number of carbonyl (C=O) groups is 2. The van der Waals surface area contributed by atoms with Crippen LogP contribution in [0.1, 0.15) is 36.8 Å². The number of ether oxygens (including phenoxy) is 1. The molecule has 7 heteroatoms. The number of hydrogen-bond acceptors (Lipinski definition) is 3. The van der Waals surface area contributed by atoms with E-state index in [-0.39, 0.29) is 31.0 Å². The molecule has 3 aromatic carbocycles. The summed E-state index contributed by atoms with van der Waals surface area (Å²) in [4.78, 5) is 28.9. The van der Waals surface area contributed by atoms with Crippen LogP contribution in [0.4, 0.5) is 0 Å². The fraction of sp³-hybridized carbons (Fsp3) is 0.310. The van der Waals surface area contributed by atoms with Gasteiger partial charge in [-0.05, 0) is 48.2 Å². The molecule has 1 N–H and O–H groups in total. The number of nitrogens with one attached hydrogen (secondary N) is 1. The second kappa shape index (κ2) is 12.8. The molecule has 0 aliphatic heterocycles. The summed E-state index contributed by atoms with van der Waals surface area (Å²) in [6.45, 7) is -0.0419. The Morgan fingerprint density at radius 1 is 0.944 bits per heavy atom. The lowest BCUT2D eigenvalue weighted by molar-refractivity contribution is -0.143. The number of carbonyl (C=O) groups excluding carboxylic acids is 2. The molecule has 0 bridgehead atoms. The maximum Gasteiger partial charge on any atom is 0.261 e. The lowest BCUT2D eigenvalue weighted by Gasteiger charge is -2.32.